The lowest BCUT2D eigenvalue weighted by molar-refractivity contribution is -0.217. The summed E-state index contributed by atoms with van der Waals surface area (Å²) in [5.41, 5.74) is -0.182. The van der Waals surface area contributed by atoms with Gasteiger partial charge in [0, 0.05) is 6.61 Å². The van der Waals surface area contributed by atoms with Crippen molar-refractivity contribution in [3.63, 3.8) is 0 Å². The number of aromatic nitrogens is 3. The summed E-state index contributed by atoms with van der Waals surface area (Å²) in [6.45, 7) is 0.403. The highest BCUT2D eigenvalue weighted by atomic mass is 16.7. The summed E-state index contributed by atoms with van der Waals surface area (Å²) < 4.78 is 37.1. The number of ether oxygens (including phenoxy) is 6. The molecular formula is C34H37N3O9. The molecule has 2 saturated heterocycles. The molecule has 4 unspecified atom stereocenters. The molecule has 4 aromatic rings. The number of nitrogens with one attached hydrogen (secondary N) is 1. The molecule has 46 heavy (non-hydrogen) atoms. The third kappa shape index (κ3) is 6.35. The maximum atomic E-state index is 12.8. The van der Waals surface area contributed by atoms with E-state index in [9.17, 15) is 14.7 Å². The van der Waals surface area contributed by atoms with Crippen molar-refractivity contribution >= 4 is 0 Å². The van der Waals surface area contributed by atoms with E-state index in [1.807, 2.05) is 78.9 Å². The predicted molar refractivity (Wildman–Crippen MR) is 166 cm³/mol. The number of aliphatic hydroxyl groups excluding tert-OH is 1. The molecule has 0 amide bonds. The van der Waals surface area contributed by atoms with Gasteiger partial charge in [-0.15, -0.1) is 0 Å². The van der Waals surface area contributed by atoms with E-state index in [-0.39, 0.29) is 6.61 Å². The van der Waals surface area contributed by atoms with Crippen molar-refractivity contribution in [1.29, 1.82) is 0 Å². The number of hydrogen-bond donors (Lipinski definition) is 2. The first-order valence-corrected chi connectivity index (χ1v) is 15.2. The molecule has 242 valence electrons. The quantitative estimate of drug-likeness (QED) is 0.237. The molecule has 2 fully saturated rings. The van der Waals surface area contributed by atoms with E-state index >= 15 is 0 Å². The first kappa shape index (κ1) is 31.6. The fourth-order valence-electron chi connectivity index (χ4n) is 6.02. The predicted octanol–water partition coefficient (Wildman–Crippen LogP) is 3.13. The minimum Gasteiger partial charge on any atom is -0.497 e. The lowest BCUT2D eigenvalue weighted by Gasteiger charge is -2.37. The Morgan fingerprint density at radius 2 is 1.54 bits per heavy atom. The van der Waals surface area contributed by atoms with Gasteiger partial charge < -0.3 is 33.5 Å². The highest BCUT2D eigenvalue weighted by Crippen LogP contribution is 2.43. The Hall–Kier alpha value is -4.33. The molecule has 12 nitrogen and oxygen atoms in total. The summed E-state index contributed by atoms with van der Waals surface area (Å²) in [6.07, 6.45) is -1.60. The molecule has 6 rings (SSSR count). The summed E-state index contributed by atoms with van der Waals surface area (Å²) in [5.74, 6) is 1.36. The van der Waals surface area contributed by atoms with Gasteiger partial charge in [-0.1, -0.05) is 54.6 Å². The smallest absolute Gasteiger partial charge is 0.347 e. The summed E-state index contributed by atoms with van der Waals surface area (Å²) in [5, 5.41) is 15.7. The van der Waals surface area contributed by atoms with Gasteiger partial charge in [-0.2, -0.15) is 9.78 Å². The molecule has 3 heterocycles. The maximum absolute atomic E-state index is 12.8. The SMILES string of the molecule is COc1ccc(C(OCC2OC(n3ncc(=O)[nH]c3=O)C(O[C@H]3CCCCO3)C2O)(c2ccccc2)c2ccc(OC)cc2)cc1. The van der Waals surface area contributed by atoms with Crippen LogP contribution in [0.4, 0.5) is 0 Å². The van der Waals surface area contributed by atoms with Crippen molar-refractivity contribution in [2.45, 2.75) is 55.7 Å². The zero-order chi connectivity index (χ0) is 32.1. The van der Waals surface area contributed by atoms with Crippen molar-refractivity contribution in [2.24, 2.45) is 0 Å². The van der Waals surface area contributed by atoms with Crippen molar-refractivity contribution in [3.8, 4) is 11.5 Å². The van der Waals surface area contributed by atoms with Gasteiger partial charge in [0.2, 0.25) is 0 Å². The molecule has 0 aliphatic carbocycles. The van der Waals surface area contributed by atoms with Crippen LogP contribution < -0.4 is 20.7 Å². The van der Waals surface area contributed by atoms with Crippen molar-refractivity contribution < 1.29 is 33.5 Å². The molecule has 12 heteroatoms. The number of aliphatic hydroxyl groups is 1. The number of nitrogens with zero attached hydrogens (tertiary/aromatic N) is 2. The lowest BCUT2D eigenvalue weighted by atomic mass is 9.80. The van der Waals surface area contributed by atoms with Crippen LogP contribution >= 0.6 is 0 Å². The Balaban J connectivity index is 1.39. The van der Waals surface area contributed by atoms with Gasteiger partial charge in [-0.25, -0.2) is 4.79 Å². The van der Waals surface area contributed by atoms with Gasteiger partial charge in [-0.3, -0.25) is 9.78 Å². The van der Waals surface area contributed by atoms with Crippen LogP contribution in [0, 0.1) is 0 Å². The molecule has 0 saturated carbocycles. The Morgan fingerprint density at radius 3 is 2.11 bits per heavy atom. The van der Waals surface area contributed by atoms with Crippen molar-refractivity contribution in [3.05, 3.63) is 123 Å². The summed E-state index contributed by atoms with van der Waals surface area (Å²) in [4.78, 5) is 26.8. The van der Waals surface area contributed by atoms with E-state index in [0.717, 1.165) is 40.4 Å². The Kier molecular flexibility index (Phi) is 9.61. The maximum Gasteiger partial charge on any atom is 0.347 e. The minimum absolute atomic E-state index is 0.117. The molecule has 3 aromatic carbocycles. The van der Waals surface area contributed by atoms with Crippen LogP contribution in [-0.4, -0.2) is 71.9 Å². The van der Waals surface area contributed by atoms with Crippen LogP contribution in [0.2, 0.25) is 0 Å². The van der Waals surface area contributed by atoms with Gasteiger partial charge in [0.1, 0.15) is 41.6 Å². The van der Waals surface area contributed by atoms with Crippen LogP contribution in [-0.2, 0) is 24.5 Å². The highest BCUT2D eigenvalue weighted by molar-refractivity contribution is 5.49. The van der Waals surface area contributed by atoms with Crippen LogP contribution in [0.5, 0.6) is 11.5 Å². The van der Waals surface area contributed by atoms with E-state index < -0.39 is 47.7 Å². The normalized spacial score (nSPS) is 23.2. The summed E-state index contributed by atoms with van der Waals surface area (Å²) in [6, 6.07) is 24.9. The first-order chi connectivity index (χ1) is 22.4. The molecule has 2 aliphatic heterocycles. The van der Waals surface area contributed by atoms with E-state index in [0.29, 0.717) is 24.5 Å². The summed E-state index contributed by atoms with van der Waals surface area (Å²) in [7, 11) is 3.21. The number of rotatable bonds is 11. The third-order valence-corrected chi connectivity index (χ3v) is 8.38. The molecular weight excluding hydrogens is 594 g/mol. The lowest BCUT2D eigenvalue weighted by Crippen LogP contribution is -2.43. The van der Waals surface area contributed by atoms with Crippen LogP contribution in [0.1, 0.15) is 42.2 Å². The van der Waals surface area contributed by atoms with E-state index in [4.69, 9.17) is 28.4 Å². The number of benzene rings is 3. The fourth-order valence-corrected chi connectivity index (χ4v) is 6.02. The average Bonchev–Trinajstić information content (AvgIpc) is 3.40. The second kappa shape index (κ2) is 14.0. The number of aromatic amines is 1. The van der Waals surface area contributed by atoms with Crippen LogP contribution in [0.15, 0.2) is 94.6 Å². The second-order valence-corrected chi connectivity index (χ2v) is 11.2. The zero-order valence-electron chi connectivity index (χ0n) is 25.6. The number of H-pyrrole nitrogens is 1. The Bertz CT molecular complexity index is 1640. The summed E-state index contributed by atoms with van der Waals surface area (Å²) >= 11 is 0. The molecule has 0 bridgehead atoms. The zero-order valence-corrected chi connectivity index (χ0v) is 25.6. The van der Waals surface area contributed by atoms with Crippen molar-refractivity contribution in [1.82, 2.24) is 14.8 Å². The average molecular weight is 632 g/mol. The first-order valence-electron chi connectivity index (χ1n) is 15.2. The molecule has 2 aliphatic rings. The van der Waals surface area contributed by atoms with E-state index in [2.05, 4.69) is 10.1 Å². The topological polar surface area (TPSA) is 143 Å². The molecule has 5 atom stereocenters. The number of hydrogen-bond acceptors (Lipinski definition) is 10. The van der Waals surface area contributed by atoms with Gasteiger partial charge >= 0.3 is 5.69 Å². The van der Waals surface area contributed by atoms with Crippen LogP contribution in [0.3, 0.4) is 0 Å². The van der Waals surface area contributed by atoms with Gasteiger partial charge in [-0.05, 0) is 60.2 Å². The van der Waals surface area contributed by atoms with E-state index in [1.165, 1.54) is 0 Å². The van der Waals surface area contributed by atoms with Crippen molar-refractivity contribution in [2.75, 3.05) is 27.4 Å². The van der Waals surface area contributed by atoms with Gasteiger partial charge in [0.25, 0.3) is 5.56 Å². The van der Waals surface area contributed by atoms with Gasteiger partial charge in [0.05, 0.1) is 20.8 Å². The Morgan fingerprint density at radius 1 is 0.913 bits per heavy atom. The molecule has 1 aromatic heterocycles. The molecule has 0 radical (unpaired) electrons. The largest absolute Gasteiger partial charge is 0.497 e. The third-order valence-electron chi connectivity index (χ3n) is 8.38. The van der Waals surface area contributed by atoms with Crippen LogP contribution in [0.25, 0.3) is 0 Å². The monoisotopic (exact) mass is 631 g/mol. The fraction of sp³-hybridized carbons (Fsp3) is 0.382. The second-order valence-electron chi connectivity index (χ2n) is 11.2. The van der Waals surface area contributed by atoms with Gasteiger partial charge in [0.15, 0.2) is 12.5 Å². The molecule has 2 N–H and O–H groups in total. The molecule has 0 spiro atoms. The Labute approximate surface area is 265 Å². The number of methoxy groups -OCH3 is 2. The minimum atomic E-state index is -1.24. The standard InChI is InChI=1S/C34H37N3O9/c1-41-25-15-11-23(12-16-25)34(22-8-4-3-5-9-22,24-13-17-26(42-2)18-14-24)44-21-27-30(39)31(46-29-10-6-7-19-43-29)32(45-27)37-33(40)36-28(38)20-35-37/h3-5,8-9,11-18,20,27,29-32,39H,6-7,10,19,21H2,1-2H3,(H,36,38,40)/t27?,29-,30?,31?,32?/m0/s1. The van der Waals surface area contributed by atoms with E-state index in [1.54, 1.807) is 14.2 Å². The highest BCUT2D eigenvalue weighted by Gasteiger charge is 2.49.